The Labute approximate surface area is 199 Å². The van der Waals surface area contributed by atoms with E-state index in [-0.39, 0.29) is 36.2 Å². The third kappa shape index (κ3) is 47.6. The van der Waals surface area contributed by atoms with Gasteiger partial charge in [0.25, 0.3) is 0 Å². The Hall–Kier alpha value is 0.480. The van der Waals surface area contributed by atoms with E-state index in [2.05, 4.69) is 23.3 Å². The van der Waals surface area contributed by atoms with Gasteiger partial charge < -0.3 is 0 Å². The molecule has 0 fully saturated rings. The van der Waals surface area contributed by atoms with Crippen LogP contribution in [0.1, 0.15) is 96.8 Å². The molecule has 0 aromatic carbocycles. The molecule has 0 atom stereocenters. The van der Waals surface area contributed by atoms with E-state index in [4.69, 9.17) is 22.1 Å². The van der Waals surface area contributed by atoms with Crippen molar-refractivity contribution in [2.24, 2.45) is 0 Å². The van der Waals surface area contributed by atoms with Crippen molar-refractivity contribution in [1.82, 2.24) is 0 Å². The first-order valence-electron chi connectivity index (χ1n) is 10.0. The van der Waals surface area contributed by atoms with Gasteiger partial charge in [-0.15, -0.1) is 0 Å². The Kier molecular flexibility index (Phi) is 27.2. The second kappa shape index (κ2) is 23.1. The monoisotopic (exact) mass is 470 g/mol. The molecule has 0 saturated heterocycles. The predicted octanol–water partition coefficient (Wildman–Crippen LogP) is 4.54. The van der Waals surface area contributed by atoms with Crippen molar-refractivity contribution >= 4 is 50.4 Å². The number of unbranched alkanes of at least 4 members (excludes halogenated alkanes) is 12. The molecule has 0 saturated carbocycles. The zero-order chi connectivity index (χ0) is 21.7. The Balaban J connectivity index is -0.000000997. The van der Waals surface area contributed by atoms with E-state index in [1.165, 1.54) is 70.6 Å². The Morgan fingerprint density at radius 2 is 1.00 bits per heavy atom. The van der Waals surface area contributed by atoms with Crippen LogP contribution in [0.2, 0.25) is 0 Å². The standard InChI is InChI=1S/C18H36O4S.Na.H2O4S.H/c1-2-3-4-5-6-7-8-9-10-11-12-13-14-15-16-17-18-22-23(19,20)21;;1-5(2,3)4;/h9-10H,2-8,11-18H2,1H3,(H,19,20,21);;(H2,1,2,3,4);/b10-9-;;;. The molecule has 0 aliphatic heterocycles. The van der Waals surface area contributed by atoms with Crippen LogP contribution in [0.5, 0.6) is 0 Å². The first kappa shape index (κ1) is 34.1. The molecule has 0 rings (SSSR count). The van der Waals surface area contributed by atoms with Crippen LogP contribution in [-0.4, -0.2) is 66.7 Å². The van der Waals surface area contributed by atoms with Crippen molar-refractivity contribution in [3.05, 3.63) is 12.2 Å². The number of allylic oxidation sites excluding steroid dienone is 2. The first-order valence-corrected chi connectivity index (χ1v) is 12.8. The van der Waals surface area contributed by atoms with Gasteiger partial charge in [0.2, 0.25) is 0 Å². The molecule has 0 aromatic heterocycles. The molecule has 0 aromatic rings. The predicted molar refractivity (Wildman–Crippen MR) is 118 cm³/mol. The van der Waals surface area contributed by atoms with Crippen molar-refractivity contribution in [1.29, 1.82) is 0 Å². The van der Waals surface area contributed by atoms with E-state index in [1.807, 2.05) is 0 Å². The molecular weight excluding hydrogens is 431 g/mol. The molecule has 0 unspecified atom stereocenters. The Morgan fingerprint density at radius 1 is 0.655 bits per heavy atom. The van der Waals surface area contributed by atoms with Crippen LogP contribution in [0.3, 0.4) is 0 Å². The van der Waals surface area contributed by atoms with E-state index in [0.717, 1.165) is 12.8 Å². The summed E-state index contributed by atoms with van der Waals surface area (Å²) in [6.07, 6.45) is 21.5. The summed E-state index contributed by atoms with van der Waals surface area (Å²) in [4.78, 5) is 0. The maximum atomic E-state index is 10.3. The van der Waals surface area contributed by atoms with E-state index >= 15 is 0 Å². The fourth-order valence-corrected chi connectivity index (χ4v) is 2.84. The Bertz CT molecular complexity index is 554. The summed E-state index contributed by atoms with van der Waals surface area (Å²) in [6.45, 7) is 2.33. The van der Waals surface area contributed by atoms with Gasteiger partial charge in [0.1, 0.15) is 0 Å². The zero-order valence-corrected chi connectivity index (χ0v) is 18.6. The van der Waals surface area contributed by atoms with E-state index < -0.39 is 20.8 Å². The van der Waals surface area contributed by atoms with Gasteiger partial charge in [-0.3, -0.25) is 13.7 Å². The molecule has 0 amide bonds. The molecule has 0 spiro atoms. The van der Waals surface area contributed by atoms with Gasteiger partial charge in [-0.05, 0) is 32.1 Å². The van der Waals surface area contributed by atoms with Crippen molar-refractivity contribution in [3.63, 3.8) is 0 Å². The van der Waals surface area contributed by atoms with Crippen LogP contribution in [0, 0.1) is 0 Å². The summed E-state index contributed by atoms with van der Waals surface area (Å²) < 4.78 is 64.9. The van der Waals surface area contributed by atoms with Gasteiger partial charge in [0, 0.05) is 0 Å². The molecule has 0 heterocycles. The quantitative estimate of drug-likeness (QED) is 0.122. The van der Waals surface area contributed by atoms with Crippen LogP contribution in [-0.2, 0) is 25.0 Å². The van der Waals surface area contributed by atoms with Gasteiger partial charge in [0.15, 0.2) is 0 Å². The molecule has 8 nitrogen and oxygen atoms in total. The maximum absolute atomic E-state index is 10.3. The molecule has 0 bridgehead atoms. The first-order chi connectivity index (χ1) is 13.1. The van der Waals surface area contributed by atoms with Crippen LogP contribution < -0.4 is 0 Å². The van der Waals surface area contributed by atoms with Crippen molar-refractivity contribution in [3.8, 4) is 0 Å². The van der Waals surface area contributed by atoms with E-state index in [0.29, 0.717) is 6.42 Å². The van der Waals surface area contributed by atoms with Crippen LogP contribution >= 0.6 is 0 Å². The summed E-state index contributed by atoms with van der Waals surface area (Å²) >= 11 is 0. The minimum absolute atomic E-state index is 0. The summed E-state index contributed by atoms with van der Waals surface area (Å²) in [7, 11) is -8.92. The zero-order valence-electron chi connectivity index (χ0n) is 17.0. The third-order valence-electron chi connectivity index (χ3n) is 3.89. The topological polar surface area (TPSA) is 138 Å². The average molecular weight is 471 g/mol. The van der Waals surface area contributed by atoms with Crippen LogP contribution in [0.15, 0.2) is 12.2 Å². The van der Waals surface area contributed by atoms with E-state index in [9.17, 15) is 8.42 Å². The van der Waals surface area contributed by atoms with Gasteiger partial charge in [-0.2, -0.15) is 16.8 Å². The normalized spacial score (nSPS) is 11.7. The molecule has 11 heteroatoms. The van der Waals surface area contributed by atoms with Gasteiger partial charge in [-0.25, -0.2) is 4.18 Å². The Morgan fingerprint density at radius 3 is 1.38 bits per heavy atom. The van der Waals surface area contributed by atoms with Crippen LogP contribution in [0.25, 0.3) is 0 Å². The molecule has 0 aliphatic carbocycles. The summed E-state index contributed by atoms with van der Waals surface area (Å²) in [5.41, 5.74) is 0. The van der Waals surface area contributed by atoms with Crippen molar-refractivity contribution in [2.45, 2.75) is 96.8 Å². The molecule has 0 aliphatic rings. The second-order valence-corrected chi connectivity index (χ2v) is 8.62. The number of rotatable bonds is 17. The molecule has 29 heavy (non-hydrogen) atoms. The fraction of sp³-hybridized carbons (Fsp3) is 0.889. The van der Waals surface area contributed by atoms with Gasteiger partial charge in [0.05, 0.1) is 6.61 Å². The van der Waals surface area contributed by atoms with Crippen LogP contribution in [0.4, 0.5) is 0 Å². The van der Waals surface area contributed by atoms with Gasteiger partial charge in [-0.1, -0.05) is 76.9 Å². The molecule has 3 N–H and O–H groups in total. The van der Waals surface area contributed by atoms with Gasteiger partial charge >= 0.3 is 50.4 Å². The number of hydrogen-bond acceptors (Lipinski definition) is 5. The average Bonchev–Trinajstić information content (AvgIpc) is 2.55. The van der Waals surface area contributed by atoms with Crippen molar-refractivity contribution in [2.75, 3.05) is 6.61 Å². The summed E-state index contributed by atoms with van der Waals surface area (Å²) in [5, 5.41) is 0. The SMILES string of the molecule is CCCCCCCC/C=C\CCCCCCCCOS(=O)(=O)O.O=S(=O)(O)O.[NaH]. The molecule has 172 valence electrons. The second-order valence-electron chi connectivity index (χ2n) is 6.64. The molecular formula is C18H39NaO8S2. The van der Waals surface area contributed by atoms with E-state index in [1.54, 1.807) is 0 Å². The number of hydrogen-bond donors (Lipinski definition) is 3. The fourth-order valence-electron chi connectivity index (χ4n) is 2.51. The summed E-state index contributed by atoms with van der Waals surface area (Å²) in [5.74, 6) is 0. The minimum atomic E-state index is -4.67. The van der Waals surface area contributed by atoms with Crippen molar-refractivity contribution < 1.29 is 34.7 Å². The molecule has 0 radical (unpaired) electrons. The third-order valence-corrected chi connectivity index (χ3v) is 4.35. The summed E-state index contributed by atoms with van der Waals surface area (Å²) in [6, 6.07) is 0.